The molecule has 89 valence electrons. The zero-order chi connectivity index (χ0) is 11.6. The van der Waals surface area contributed by atoms with E-state index in [2.05, 4.69) is 11.1 Å². The molecule has 0 unspecified atom stereocenters. The van der Waals surface area contributed by atoms with Crippen LogP contribution >= 0.6 is 0 Å². The summed E-state index contributed by atoms with van der Waals surface area (Å²) in [6.07, 6.45) is 0. The largest absolute Gasteiger partial charge is 0.241 e. The van der Waals surface area contributed by atoms with Crippen LogP contribution in [0.4, 0.5) is 0 Å². The average Bonchev–Trinajstić information content (AvgIpc) is 2.30. The van der Waals surface area contributed by atoms with Crippen LogP contribution < -0.4 is 0 Å². The SMILES string of the molecule is [CH]c1cccc(S(=O)(=O)c2[c-]cccc2)n1.[Ir]. The predicted molar refractivity (Wildman–Crippen MR) is 58.4 cm³/mol. The second-order valence-corrected chi connectivity index (χ2v) is 5.00. The zero-order valence-corrected chi connectivity index (χ0v) is 11.8. The van der Waals surface area contributed by atoms with Crippen LogP contribution in [0.25, 0.3) is 0 Å². The van der Waals surface area contributed by atoms with Gasteiger partial charge >= 0.3 is 0 Å². The Labute approximate surface area is 114 Å². The molecular formula is C12H8IrNO2S-. The molecule has 0 fully saturated rings. The van der Waals surface area contributed by atoms with Gasteiger partial charge in [-0.1, -0.05) is 6.07 Å². The maximum atomic E-state index is 12.0. The van der Waals surface area contributed by atoms with Crippen LogP contribution in [0.15, 0.2) is 52.4 Å². The van der Waals surface area contributed by atoms with E-state index in [-0.39, 0.29) is 35.7 Å². The third kappa shape index (κ3) is 3.00. The first-order valence-electron chi connectivity index (χ1n) is 4.55. The third-order valence-electron chi connectivity index (χ3n) is 1.99. The number of rotatable bonds is 2. The first kappa shape index (κ1) is 14.0. The van der Waals surface area contributed by atoms with Crippen LogP contribution in [-0.4, -0.2) is 13.4 Å². The topological polar surface area (TPSA) is 47.0 Å². The second-order valence-electron chi connectivity index (χ2n) is 3.13. The molecule has 0 bridgehead atoms. The predicted octanol–water partition coefficient (Wildman–Crippen LogP) is 1.77. The molecule has 5 heteroatoms. The monoisotopic (exact) mass is 423 g/mol. The molecule has 0 atom stereocenters. The van der Waals surface area contributed by atoms with E-state index in [1.54, 1.807) is 24.3 Å². The van der Waals surface area contributed by atoms with Gasteiger partial charge in [0.1, 0.15) is 0 Å². The molecule has 0 aliphatic rings. The number of pyridine rings is 1. The minimum absolute atomic E-state index is 0. The van der Waals surface area contributed by atoms with Crippen molar-refractivity contribution in [2.24, 2.45) is 0 Å². The molecule has 1 heterocycles. The molecule has 1 aromatic carbocycles. The van der Waals surface area contributed by atoms with Gasteiger partial charge in [-0.25, -0.2) is 13.4 Å². The molecule has 0 amide bonds. The van der Waals surface area contributed by atoms with Crippen molar-refractivity contribution in [2.45, 2.75) is 9.92 Å². The van der Waals surface area contributed by atoms with Gasteiger partial charge in [-0.2, -0.15) is 30.3 Å². The van der Waals surface area contributed by atoms with Gasteiger partial charge in [0.25, 0.3) is 0 Å². The molecule has 0 N–H and O–H groups in total. The Morgan fingerprint density at radius 1 is 1.12 bits per heavy atom. The Hall–Kier alpha value is -1.03. The van der Waals surface area contributed by atoms with Gasteiger partial charge in [0, 0.05) is 32.7 Å². The van der Waals surface area contributed by atoms with Gasteiger partial charge in [0.2, 0.25) is 9.84 Å². The minimum atomic E-state index is -3.61. The van der Waals surface area contributed by atoms with Crippen LogP contribution in [0.1, 0.15) is 5.69 Å². The van der Waals surface area contributed by atoms with Crippen molar-refractivity contribution < 1.29 is 28.5 Å². The standard InChI is InChI=1S/C12H8NO2S.Ir/c1-10-6-5-9-12(13-10)16(14,15)11-7-3-2-4-8-11;/h1-7,9H;/q-1;. The molecule has 0 aliphatic heterocycles. The van der Waals surface area contributed by atoms with Crippen molar-refractivity contribution in [1.29, 1.82) is 0 Å². The van der Waals surface area contributed by atoms with Crippen LogP contribution in [0.5, 0.6) is 0 Å². The van der Waals surface area contributed by atoms with Gasteiger partial charge in [0.15, 0.2) is 5.03 Å². The Balaban J connectivity index is 0.00000144. The number of hydrogen-bond donors (Lipinski definition) is 0. The normalized spacial score (nSPS) is 10.6. The summed E-state index contributed by atoms with van der Waals surface area (Å²) in [5, 5.41) is -0.0602. The van der Waals surface area contributed by atoms with E-state index >= 15 is 0 Å². The van der Waals surface area contributed by atoms with Gasteiger partial charge in [-0.3, -0.25) is 0 Å². The van der Waals surface area contributed by atoms with Gasteiger partial charge in [-0.15, -0.1) is 0 Å². The van der Waals surface area contributed by atoms with E-state index in [1.807, 2.05) is 0 Å². The summed E-state index contributed by atoms with van der Waals surface area (Å²) in [4.78, 5) is 3.88. The first-order chi connectivity index (χ1) is 7.60. The van der Waals surface area contributed by atoms with Crippen LogP contribution in [0.2, 0.25) is 0 Å². The Kier molecular flexibility index (Phi) is 4.57. The fourth-order valence-electron chi connectivity index (χ4n) is 1.24. The summed E-state index contributed by atoms with van der Waals surface area (Å²) in [6.45, 7) is 5.45. The molecule has 2 aromatic rings. The van der Waals surface area contributed by atoms with Crippen molar-refractivity contribution in [3.63, 3.8) is 0 Å². The van der Waals surface area contributed by atoms with Crippen LogP contribution in [0, 0.1) is 13.0 Å². The maximum absolute atomic E-state index is 12.0. The van der Waals surface area contributed by atoms with Crippen molar-refractivity contribution in [3.05, 3.63) is 61.1 Å². The van der Waals surface area contributed by atoms with E-state index in [0.717, 1.165) is 0 Å². The molecule has 0 saturated carbocycles. The Morgan fingerprint density at radius 2 is 1.88 bits per heavy atom. The van der Waals surface area contributed by atoms with Gasteiger partial charge in [0.05, 0.1) is 0 Å². The van der Waals surface area contributed by atoms with E-state index in [1.165, 1.54) is 18.2 Å². The third-order valence-corrected chi connectivity index (χ3v) is 3.60. The van der Waals surface area contributed by atoms with Gasteiger partial charge < -0.3 is 0 Å². The number of sulfone groups is 1. The Morgan fingerprint density at radius 3 is 2.47 bits per heavy atom. The summed E-state index contributed by atoms with van der Waals surface area (Å²) in [5.41, 5.74) is 0.178. The molecule has 1 aromatic heterocycles. The average molecular weight is 422 g/mol. The number of aromatic nitrogens is 1. The first-order valence-corrected chi connectivity index (χ1v) is 6.03. The molecule has 3 radical (unpaired) electrons. The summed E-state index contributed by atoms with van der Waals surface area (Å²) in [6, 6.07) is 13.5. The Bertz CT molecular complexity index is 597. The number of hydrogen-bond acceptors (Lipinski definition) is 3. The molecule has 0 saturated heterocycles. The molecule has 17 heavy (non-hydrogen) atoms. The number of nitrogens with zero attached hydrogens (tertiary/aromatic N) is 1. The minimum Gasteiger partial charge on any atom is -0.241 e. The molecule has 3 nitrogen and oxygen atoms in total. The van der Waals surface area contributed by atoms with E-state index in [9.17, 15) is 8.42 Å². The van der Waals surface area contributed by atoms with Crippen LogP contribution in [0.3, 0.4) is 0 Å². The molecule has 0 aliphatic carbocycles. The van der Waals surface area contributed by atoms with Crippen molar-refractivity contribution in [2.75, 3.05) is 0 Å². The smallest absolute Gasteiger partial charge is 0.200 e. The van der Waals surface area contributed by atoms with E-state index in [0.29, 0.717) is 0 Å². The van der Waals surface area contributed by atoms with E-state index < -0.39 is 9.84 Å². The van der Waals surface area contributed by atoms with Crippen molar-refractivity contribution in [1.82, 2.24) is 4.98 Å². The summed E-state index contributed by atoms with van der Waals surface area (Å²) < 4.78 is 24.1. The van der Waals surface area contributed by atoms with Crippen molar-refractivity contribution in [3.8, 4) is 0 Å². The maximum Gasteiger partial charge on any atom is 0.200 e. The van der Waals surface area contributed by atoms with E-state index in [4.69, 9.17) is 6.92 Å². The summed E-state index contributed by atoms with van der Waals surface area (Å²) in [5.74, 6) is 0. The summed E-state index contributed by atoms with van der Waals surface area (Å²) in [7, 11) is -3.61. The summed E-state index contributed by atoms with van der Waals surface area (Å²) >= 11 is 0. The van der Waals surface area contributed by atoms with Crippen LogP contribution in [-0.2, 0) is 29.9 Å². The quantitative estimate of drug-likeness (QED) is 0.694. The molecule has 2 rings (SSSR count). The zero-order valence-electron chi connectivity index (χ0n) is 8.62. The number of benzene rings is 1. The fraction of sp³-hybridized carbons (Fsp3) is 0. The fourth-order valence-corrected chi connectivity index (χ4v) is 2.43. The van der Waals surface area contributed by atoms with Crippen molar-refractivity contribution >= 4 is 9.84 Å². The van der Waals surface area contributed by atoms with Gasteiger partial charge in [-0.05, 0) is 17.0 Å². The molecular weight excluding hydrogens is 414 g/mol. The second kappa shape index (κ2) is 5.54. The molecule has 0 spiro atoms.